The lowest BCUT2D eigenvalue weighted by molar-refractivity contribution is -0.0935. The molecule has 1 fully saturated rings. The number of aromatic amines is 1. The van der Waals surface area contributed by atoms with E-state index in [1.165, 1.54) is 0 Å². The monoisotopic (exact) mass is 465 g/mol. The van der Waals surface area contributed by atoms with E-state index in [1.807, 2.05) is 12.1 Å². The van der Waals surface area contributed by atoms with Gasteiger partial charge in [0.15, 0.2) is 5.65 Å². The van der Waals surface area contributed by atoms with E-state index in [2.05, 4.69) is 16.0 Å². The molecule has 1 aliphatic heterocycles. The standard InChI is InChI=1S/C24H24ClN5O3/c25-20-12-27-22-19(20)8-15(10-26-22)16-9-21-23(28-11-16)30(17-4-2-1-3-5-17)24(31)29(21)13-18-14-32-6-7-33-18/h4,8-12,18H,1-3,5-7,13-14H2,(H,26,27)/t18-/m0/s1. The summed E-state index contributed by atoms with van der Waals surface area (Å²) in [5, 5.41) is 1.47. The lowest BCUT2D eigenvalue weighted by atomic mass is 10.0. The Hall–Kier alpha value is -2.94. The molecule has 0 bridgehead atoms. The van der Waals surface area contributed by atoms with Crippen molar-refractivity contribution in [1.82, 2.24) is 24.1 Å². The first-order chi connectivity index (χ1) is 16.2. The zero-order chi connectivity index (χ0) is 22.4. The number of halogens is 1. The van der Waals surface area contributed by atoms with E-state index >= 15 is 0 Å². The van der Waals surface area contributed by atoms with Crippen molar-refractivity contribution in [3.8, 4) is 11.1 Å². The van der Waals surface area contributed by atoms with Gasteiger partial charge in [-0.15, -0.1) is 0 Å². The fourth-order valence-corrected chi connectivity index (χ4v) is 4.92. The largest absolute Gasteiger partial charge is 0.376 e. The van der Waals surface area contributed by atoms with Gasteiger partial charge in [-0.2, -0.15) is 0 Å². The van der Waals surface area contributed by atoms with Crippen LogP contribution in [0.2, 0.25) is 5.02 Å². The number of nitrogens with zero attached hydrogens (tertiary/aromatic N) is 4. The Labute approximate surface area is 194 Å². The maximum atomic E-state index is 13.6. The first-order valence-corrected chi connectivity index (χ1v) is 11.7. The molecule has 9 heteroatoms. The van der Waals surface area contributed by atoms with Crippen molar-refractivity contribution in [3.63, 3.8) is 0 Å². The molecular formula is C24H24ClN5O3. The van der Waals surface area contributed by atoms with E-state index in [9.17, 15) is 4.79 Å². The normalized spacial score (nSPS) is 19.3. The summed E-state index contributed by atoms with van der Waals surface area (Å²) in [7, 11) is 0. The molecule has 0 unspecified atom stereocenters. The maximum absolute atomic E-state index is 13.6. The number of hydrogen-bond acceptors (Lipinski definition) is 5. The van der Waals surface area contributed by atoms with Gasteiger partial charge in [-0.05, 0) is 37.8 Å². The van der Waals surface area contributed by atoms with Gasteiger partial charge in [-0.3, -0.25) is 4.57 Å². The smallest absolute Gasteiger partial charge is 0.334 e. The van der Waals surface area contributed by atoms with Gasteiger partial charge in [0.2, 0.25) is 0 Å². The number of fused-ring (bicyclic) bond motifs is 2. The van der Waals surface area contributed by atoms with Crippen molar-refractivity contribution in [3.05, 3.63) is 52.3 Å². The minimum absolute atomic E-state index is 0.0840. The van der Waals surface area contributed by atoms with Crippen LogP contribution in [0.25, 0.3) is 39.0 Å². The zero-order valence-electron chi connectivity index (χ0n) is 18.1. The minimum atomic E-state index is -0.170. The molecule has 0 spiro atoms. The summed E-state index contributed by atoms with van der Waals surface area (Å²) in [5.74, 6) is 0. The van der Waals surface area contributed by atoms with Crippen LogP contribution in [0.5, 0.6) is 0 Å². The van der Waals surface area contributed by atoms with Crippen molar-refractivity contribution in [2.75, 3.05) is 19.8 Å². The summed E-state index contributed by atoms with van der Waals surface area (Å²) in [5.41, 5.74) is 4.88. The SMILES string of the molecule is O=c1n(C[C@H]2COCCO2)c2cc(-c3cnc4[nH]cc(Cl)c4c3)cnc2n1C1=CCCCC1. The second-order valence-corrected chi connectivity index (χ2v) is 8.97. The zero-order valence-corrected chi connectivity index (χ0v) is 18.8. The van der Waals surface area contributed by atoms with Crippen LogP contribution in [-0.4, -0.2) is 50.0 Å². The minimum Gasteiger partial charge on any atom is -0.376 e. The quantitative estimate of drug-likeness (QED) is 0.487. The number of hydrogen-bond donors (Lipinski definition) is 1. The highest BCUT2D eigenvalue weighted by molar-refractivity contribution is 6.35. The van der Waals surface area contributed by atoms with Gasteiger partial charge in [0, 0.05) is 40.8 Å². The van der Waals surface area contributed by atoms with Crippen LogP contribution in [0, 0.1) is 0 Å². The molecule has 0 aromatic carbocycles. The number of pyridine rings is 2. The molecule has 0 amide bonds. The number of ether oxygens (including phenoxy) is 2. The fourth-order valence-electron chi connectivity index (χ4n) is 4.72. The molecule has 6 rings (SSSR count). The third kappa shape index (κ3) is 3.68. The molecule has 1 saturated heterocycles. The average Bonchev–Trinajstić information content (AvgIpc) is 3.36. The topological polar surface area (TPSA) is 87.0 Å². The highest BCUT2D eigenvalue weighted by Gasteiger charge is 2.23. The third-order valence-electron chi connectivity index (χ3n) is 6.41. The molecule has 5 heterocycles. The van der Waals surface area contributed by atoms with Gasteiger partial charge in [-0.1, -0.05) is 17.7 Å². The van der Waals surface area contributed by atoms with Crippen molar-refractivity contribution in [2.24, 2.45) is 0 Å². The van der Waals surface area contributed by atoms with E-state index in [0.29, 0.717) is 37.0 Å². The summed E-state index contributed by atoms with van der Waals surface area (Å²) in [6.07, 6.45) is 11.4. The summed E-state index contributed by atoms with van der Waals surface area (Å²) in [6, 6.07) is 4.00. The summed E-state index contributed by atoms with van der Waals surface area (Å²) >= 11 is 6.30. The predicted molar refractivity (Wildman–Crippen MR) is 127 cm³/mol. The number of aromatic nitrogens is 5. The number of allylic oxidation sites excluding steroid dienone is 2. The van der Waals surface area contributed by atoms with E-state index in [-0.39, 0.29) is 11.8 Å². The molecule has 33 heavy (non-hydrogen) atoms. The highest BCUT2D eigenvalue weighted by Crippen LogP contribution is 2.30. The van der Waals surface area contributed by atoms with Crippen LogP contribution in [0.4, 0.5) is 0 Å². The van der Waals surface area contributed by atoms with Crippen LogP contribution < -0.4 is 5.69 Å². The first-order valence-electron chi connectivity index (χ1n) is 11.3. The lowest BCUT2D eigenvalue weighted by Gasteiger charge is -2.23. The molecule has 0 radical (unpaired) electrons. The number of H-pyrrole nitrogens is 1. The van der Waals surface area contributed by atoms with Crippen molar-refractivity contribution in [1.29, 1.82) is 0 Å². The van der Waals surface area contributed by atoms with E-state index in [1.54, 1.807) is 27.7 Å². The molecular weight excluding hydrogens is 442 g/mol. The Bertz CT molecular complexity index is 1430. The highest BCUT2D eigenvalue weighted by atomic mass is 35.5. The van der Waals surface area contributed by atoms with E-state index < -0.39 is 0 Å². The molecule has 1 aliphatic carbocycles. The molecule has 170 valence electrons. The summed E-state index contributed by atoms with van der Waals surface area (Å²) in [4.78, 5) is 25.9. The van der Waals surface area contributed by atoms with E-state index in [0.717, 1.165) is 59.1 Å². The Morgan fingerprint density at radius 1 is 1.15 bits per heavy atom. The first kappa shape index (κ1) is 20.7. The Morgan fingerprint density at radius 3 is 2.85 bits per heavy atom. The van der Waals surface area contributed by atoms with Crippen molar-refractivity contribution >= 4 is 39.5 Å². The molecule has 2 aliphatic rings. The molecule has 1 N–H and O–H groups in total. The summed E-state index contributed by atoms with van der Waals surface area (Å²) < 4.78 is 15.0. The summed E-state index contributed by atoms with van der Waals surface area (Å²) in [6.45, 7) is 2.02. The third-order valence-corrected chi connectivity index (χ3v) is 6.72. The Kier molecular flexibility index (Phi) is 5.28. The van der Waals surface area contributed by atoms with Crippen LogP contribution in [0.1, 0.15) is 25.7 Å². The molecule has 0 saturated carbocycles. The lowest BCUT2D eigenvalue weighted by Crippen LogP contribution is -2.36. The second-order valence-electron chi connectivity index (χ2n) is 8.56. The maximum Gasteiger partial charge on any atom is 0.334 e. The van der Waals surface area contributed by atoms with Crippen LogP contribution in [0.15, 0.2) is 41.6 Å². The van der Waals surface area contributed by atoms with Crippen LogP contribution in [-0.2, 0) is 16.0 Å². The van der Waals surface area contributed by atoms with Gasteiger partial charge in [-0.25, -0.2) is 19.3 Å². The fraction of sp³-hybridized carbons (Fsp3) is 0.375. The molecule has 4 aromatic heterocycles. The number of imidazole rings is 1. The van der Waals surface area contributed by atoms with Gasteiger partial charge in [0.05, 0.1) is 43.0 Å². The van der Waals surface area contributed by atoms with Crippen molar-refractivity contribution < 1.29 is 9.47 Å². The molecule has 8 nitrogen and oxygen atoms in total. The number of rotatable bonds is 4. The average molecular weight is 466 g/mol. The van der Waals surface area contributed by atoms with Crippen molar-refractivity contribution in [2.45, 2.75) is 38.3 Å². The number of nitrogens with one attached hydrogen (secondary N) is 1. The Morgan fingerprint density at radius 2 is 2.03 bits per heavy atom. The Balaban J connectivity index is 1.50. The van der Waals surface area contributed by atoms with Gasteiger partial charge >= 0.3 is 5.69 Å². The van der Waals surface area contributed by atoms with Crippen LogP contribution in [0.3, 0.4) is 0 Å². The van der Waals surface area contributed by atoms with Gasteiger partial charge in [0.25, 0.3) is 0 Å². The molecule has 1 atom stereocenters. The van der Waals surface area contributed by atoms with Gasteiger partial charge in [0.1, 0.15) is 5.65 Å². The van der Waals surface area contributed by atoms with E-state index in [4.69, 9.17) is 26.1 Å². The second kappa shape index (κ2) is 8.44. The van der Waals surface area contributed by atoms with Crippen LogP contribution >= 0.6 is 11.6 Å². The molecule has 4 aromatic rings. The predicted octanol–water partition coefficient (Wildman–Crippen LogP) is 4.23. The van der Waals surface area contributed by atoms with Gasteiger partial charge < -0.3 is 14.5 Å².